The van der Waals surface area contributed by atoms with Crippen molar-refractivity contribution in [3.63, 3.8) is 0 Å². The van der Waals surface area contributed by atoms with E-state index in [0.717, 1.165) is 21.5 Å². The van der Waals surface area contributed by atoms with E-state index in [9.17, 15) is 4.79 Å². The molecule has 2 aromatic carbocycles. The first-order chi connectivity index (χ1) is 9.22. The number of amides is 1. The van der Waals surface area contributed by atoms with Crippen molar-refractivity contribution in [2.45, 2.75) is 6.92 Å². The fraction of sp³-hybridized carbons (Fsp3) is 0.0667. The van der Waals surface area contributed by atoms with Crippen LogP contribution in [0.25, 0.3) is 10.8 Å². The third kappa shape index (κ3) is 2.48. The number of aryl methyl sites for hydroxylation is 1. The van der Waals surface area contributed by atoms with E-state index in [4.69, 9.17) is 0 Å². The number of hydrogen-bond acceptors (Lipinski definition) is 3. The first-order valence-electron chi connectivity index (χ1n) is 5.95. The number of benzene rings is 2. The van der Waals surface area contributed by atoms with E-state index in [1.54, 1.807) is 5.38 Å². The molecule has 0 spiro atoms. The van der Waals surface area contributed by atoms with Crippen molar-refractivity contribution in [3.8, 4) is 0 Å². The molecular weight excluding hydrogens is 256 g/mol. The Morgan fingerprint density at radius 2 is 1.95 bits per heavy atom. The van der Waals surface area contributed by atoms with Crippen molar-refractivity contribution in [3.05, 3.63) is 58.5 Å². The Kier molecular flexibility index (Phi) is 3.01. The quantitative estimate of drug-likeness (QED) is 0.767. The van der Waals surface area contributed by atoms with Gasteiger partial charge in [-0.25, -0.2) is 4.98 Å². The highest BCUT2D eigenvalue weighted by Crippen LogP contribution is 2.19. The van der Waals surface area contributed by atoms with Gasteiger partial charge in [-0.15, -0.1) is 11.3 Å². The van der Waals surface area contributed by atoms with Gasteiger partial charge in [-0.1, -0.05) is 30.3 Å². The van der Waals surface area contributed by atoms with E-state index >= 15 is 0 Å². The SMILES string of the molecule is Cc1nc(C(=O)Nc2ccc3ccccc3c2)cs1. The second-order valence-corrected chi connectivity index (χ2v) is 5.33. The van der Waals surface area contributed by atoms with Gasteiger partial charge in [-0.3, -0.25) is 4.79 Å². The summed E-state index contributed by atoms with van der Waals surface area (Å²) in [5.41, 5.74) is 1.25. The maximum Gasteiger partial charge on any atom is 0.275 e. The van der Waals surface area contributed by atoms with Gasteiger partial charge in [0.15, 0.2) is 0 Å². The van der Waals surface area contributed by atoms with Crippen molar-refractivity contribution in [1.29, 1.82) is 0 Å². The first-order valence-corrected chi connectivity index (χ1v) is 6.82. The normalized spacial score (nSPS) is 10.6. The minimum atomic E-state index is -0.167. The average molecular weight is 268 g/mol. The highest BCUT2D eigenvalue weighted by atomic mass is 32.1. The Hall–Kier alpha value is -2.20. The van der Waals surface area contributed by atoms with Crippen molar-refractivity contribution in [2.75, 3.05) is 5.32 Å². The van der Waals surface area contributed by atoms with E-state index < -0.39 is 0 Å². The summed E-state index contributed by atoms with van der Waals surface area (Å²) in [7, 11) is 0. The largest absolute Gasteiger partial charge is 0.321 e. The number of thiazole rings is 1. The fourth-order valence-electron chi connectivity index (χ4n) is 1.93. The summed E-state index contributed by atoms with van der Waals surface area (Å²) in [5.74, 6) is -0.167. The molecule has 0 saturated carbocycles. The van der Waals surface area contributed by atoms with Crippen LogP contribution in [0, 0.1) is 6.92 Å². The number of nitrogens with one attached hydrogen (secondary N) is 1. The van der Waals surface area contributed by atoms with Crippen LogP contribution >= 0.6 is 11.3 Å². The maximum absolute atomic E-state index is 12.0. The first kappa shape index (κ1) is 11.9. The Morgan fingerprint density at radius 3 is 2.68 bits per heavy atom. The standard InChI is InChI=1S/C15H12N2OS/c1-10-16-14(9-19-10)15(18)17-13-7-6-11-4-2-3-5-12(11)8-13/h2-9H,1H3,(H,17,18). The second kappa shape index (κ2) is 4.82. The van der Waals surface area contributed by atoms with Gasteiger partial charge in [0, 0.05) is 11.1 Å². The van der Waals surface area contributed by atoms with Gasteiger partial charge in [0.2, 0.25) is 0 Å². The Bertz CT molecular complexity index is 748. The zero-order valence-corrected chi connectivity index (χ0v) is 11.2. The molecule has 0 aliphatic carbocycles. The molecule has 3 aromatic rings. The zero-order valence-electron chi connectivity index (χ0n) is 10.4. The monoisotopic (exact) mass is 268 g/mol. The van der Waals surface area contributed by atoms with Gasteiger partial charge < -0.3 is 5.32 Å². The molecule has 0 radical (unpaired) electrons. The molecular formula is C15H12N2OS. The Labute approximate surface area is 114 Å². The van der Waals surface area contributed by atoms with Crippen molar-refractivity contribution in [1.82, 2.24) is 4.98 Å². The fourth-order valence-corrected chi connectivity index (χ4v) is 2.52. The predicted molar refractivity (Wildman–Crippen MR) is 78.8 cm³/mol. The van der Waals surface area contributed by atoms with Crippen LogP contribution < -0.4 is 5.32 Å². The van der Waals surface area contributed by atoms with E-state index in [-0.39, 0.29) is 5.91 Å². The second-order valence-electron chi connectivity index (χ2n) is 4.27. The van der Waals surface area contributed by atoms with Crippen LogP contribution in [-0.4, -0.2) is 10.9 Å². The molecule has 4 heteroatoms. The van der Waals surface area contributed by atoms with Gasteiger partial charge in [0.25, 0.3) is 5.91 Å². The van der Waals surface area contributed by atoms with E-state index in [2.05, 4.69) is 10.3 Å². The minimum absolute atomic E-state index is 0.167. The van der Waals surface area contributed by atoms with E-state index in [0.29, 0.717) is 5.69 Å². The number of anilines is 1. The number of nitrogens with zero attached hydrogens (tertiary/aromatic N) is 1. The molecule has 0 atom stereocenters. The van der Waals surface area contributed by atoms with Crippen LogP contribution in [0.3, 0.4) is 0 Å². The molecule has 0 bridgehead atoms. The summed E-state index contributed by atoms with van der Waals surface area (Å²) in [6.07, 6.45) is 0. The van der Waals surface area contributed by atoms with Gasteiger partial charge >= 0.3 is 0 Å². The van der Waals surface area contributed by atoms with Gasteiger partial charge in [0.1, 0.15) is 5.69 Å². The maximum atomic E-state index is 12.0. The lowest BCUT2D eigenvalue weighted by molar-refractivity contribution is 0.102. The highest BCUT2D eigenvalue weighted by molar-refractivity contribution is 7.09. The third-order valence-electron chi connectivity index (χ3n) is 2.86. The molecule has 0 aliphatic rings. The van der Waals surface area contributed by atoms with E-state index in [1.165, 1.54) is 11.3 Å². The number of aromatic nitrogens is 1. The zero-order chi connectivity index (χ0) is 13.2. The van der Waals surface area contributed by atoms with E-state index in [1.807, 2.05) is 49.4 Å². The Balaban J connectivity index is 1.87. The van der Waals surface area contributed by atoms with Gasteiger partial charge in [0.05, 0.1) is 5.01 Å². The van der Waals surface area contributed by atoms with Crippen LogP contribution in [0.15, 0.2) is 47.8 Å². The molecule has 0 aliphatic heterocycles. The van der Waals surface area contributed by atoms with Crippen LogP contribution in [-0.2, 0) is 0 Å². The summed E-state index contributed by atoms with van der Waals surface area (Å²) >= 11 is 1.47. The molecule has 1 heterocycles. The number of carbonyl (C=O) groups excluding carboxylic acids is 1. The van der Waals surface area contributed by atoms with Crippen LogP contribution in [0.2, 0.25) is 0 Å². The molecule has 1 amide bonds. The van der Waals surface area contributed by atoms with Gasteiger partial charge in [-0.05, 0) is 29.8 Å². The molecule has 3 rings (SSSR count). The highest BCUT2D eigenvalue weighted by Gasteiger charge is 2.09. The molecule has 1 N–H and O–H groups in total. The number of hydrogen-bond donors (Lipinski definition) is 1. The van der Waals surface area contributed by atoms with Crippen molar-refractivity contribution in [2.24, 2.45) is 0 Å². The smallest absolute Gasteiger partial charge is 0.275 e. The lowest BCUT2D eigenvalue weighted by Crippen LogP contribution is -2.12. The topological polar surface area (TPSA) is 42.0 Å². The lowest BCUT2D eigenvalue weighted by Gasteiger charge is -2.05. The lowest BCUT2D eigenvalue weighted by atomic mass is 10.1. The number of carbonyl (C=O) groups is 1. The predicted octanol–water partition coefficient (Wildman–Crippen LogP) is 3.86. The Morgan fingerprint density at radius 1 is 1.16 bits per heavy atom. The molecule has 94 valence electrons. The minimum Gasteiger partial charge on any atom is -0.321 e. The molecule has 1 aromatic heterocycles. The summed E-state index contributed by atoms with van der Waals surface area (Å²) in [4.78, 5) is 16.2. The van der Waals surface area contributed by atoms with Gasteiger partial charge in [-0.2, -0.15) is 0 Å². The summed E-state index contributed by atoms with van der Waals surface area (Å²) < 4.78 is 0. The van der Waals surface area contributed by atoms with Crippen LogP contribution in [0.4, 0.5) is 5.69 Å². The number of rotatable bonds is 2. The molecule has 0 unspecified atom stereocenters. The molecule has 0 saturated heterocycles. The third-order valence-corrected chi connectivity index (χ3v) is 3.63. The molecule has 19 heavy (non-hydrogen) atoms. The molecule has 3 nitrogen and oxygen atoms in total. The summed E-state index contributed by atoms with van der Waals surface area (Å²) in [5, 5.41) is 7.79. The van der Waals surface area contributed by atoms with Crippen LogP contribution in [0.5, 0.6) is 0 Å². The van der Waals surface area contributed by atoms with Crippen molar-refractivity contribution < 1.29 is 4.79 Å². The molecule has 0 fully saturated rings. The summed E-state index contributed by atoms with van der Waals surface area (Å²) in [6, 6.07) is 13.9. The number of fused-ring (bicyclic) bond motifs is 1. The van der Waals surface area contributed by atoms with Crippen molar-refractivity contribution >= 4 is 33.7 Å². The average Bonchev–Trinajstić information content (AvgIpc) is 2.85. The summed E-state index contributed by atoms with van der Waals surface area (Å²) in [6.45, 7) is 1.89. The van der Waals surface area contributed by atoms with Crippen LogP contribution in [0.1, 0.15) is 15.5 Å².